The second kappa shape index (κ2) is 8.67. The number of imidazole rings is 1. The first-order valence-corrected chi connectivity index (χ1v) is 11.2. The minimum atomic E-state index is -2.47. The van der Waals surface area contributed by atoms with Crippen molar-refractivity contribution in [1.29, 1.82) is 0 Å². The lowest BCUT2D eigenvalue weighted by atomic mass is 9.81. The average Bonchev–Trinajstić information content (AvgIpc) is 3.59. The highest BCUT2D eigenvalue weighted by atomic mass is 19.3. The fourth-order valence-electron chi connectivity index (χ4n) is 4.32. The van der Waals surface area contributed by atoms with E-state index in [9.17, 15) is 8.78 Å². The molecule has 0 spiro atoms. The number of hydrogen-bond donors (Lipinski definition) is 3. The van der Waals surface area contributed by atoms with Crippen LogP contribution in [0.5, 0.6) is 0 Å². The Kier molecular flexibility index (Phi) is 5.34. The largest absolute Gasteiger partial charge is 0.312 e. The molecule has 2 aliphatic rings. The number of hydrazone groups is 1. The van der Waals surface area contributed by atoms with Gasteiger partial charge in [-0.1, -0.05) is 11.3 Å². The van der Waals surface area contributed by atoms with Gasteiger partial charge in [-0.25, -0.2) is 29.0 Å². The number of halogens is 2. The summed E-state index contributed by atoms with van der Waals surface area (Å²) in [6.45, 7) is 1.70. The van der Waals surface area contributed by atoms with Crippen LogP contribution in [0.1, 0.15) is 24.1 Å². The molecule has 4 aromatic heterocycles. The smallest absolute Gasteiger partial charge is 0.248 e. The van der Waals surface area contributed by atoms with Gasteiger partial charge in [0.15, 0.2) is 0 Å². The molecule has 13 heteroatoms. The Hall–Kier alpha value is -3.97. The normalized spacial score (nSPS) is 17.1. The molecule has 0 bridgehead atoms. The summed E-state index contributed by atoms with van der Waals surface area (Å²) in [6, 6.07) is 5.88. The number of anilines is 1. The summed E-state index contributed by atoms with van der Waals surface area (Å²) in [4.78, 5) is 8.95. The fourth-order valence-corrected chi connectivity index (χ4v) is 4.32. The third kappa shape index (κ3) is 4.68. The predicted octanol–water partition coefficient (Wildman–Crippen LogP) is 1.94. The zero-order valence-corrected chi connectivity index (χ0v) is 18.6. The van der Waals surface area contributed by atoms with Crippen LogP contribution in [0.15, 0.2) is 54.3 Å². The van der Waals surface area contributed by atoms with Crippen LogP contribution in [0.4, 0.5) is 14.5 Å². The van der Waals surface area contributed by atoms with Crippen LogP contribution in [0.3, 0.4) is 0 Å². The number of fused-ring (bicyclic) bond motifs is 1. The Bertz CT molecular complexity index is 1370. The highest BCUT2D eigenvalue weighted by molar-refractivity contribution is 5.80. The van der Waals surface area contributed by atoms with E-state index < -0.39 is 5.92 Å². The number of rotatable bonds is 8. The van der Waals surface area contributed by atoms with Gasteiger partial charge in [0, 0.05) is 43.5 Å². The molecule has 4 aromatic rings. The number of hydrogen-bond acceptors (Lipinski definition) is 9. The summed E-state index contributed by atoms with van der Waals surface area (Å²) >= 11 is 0. The van der Waals surface area contributed by atoms with Crippen molar-refractivity contribution in [3.05, 3.63) is 60.4 Å². The number of hydrazine groups is 2. The summed E-state index contributed by atoms with van der Waals surface area (Å²) in [6.07, 6.45) is 10.8. The van der Waals surface area contributed by atoms with Gasteiger partial charge in [0.2, 0.25) is 5.92 Å². The van der Waals surface area contributed by atoms with E-state index in [1.165, 1.54) is 0 Å². The quantitative estimate of drug-likeness (QED) is 0.352. The molecule has 0 amide bonds. The molecular formula is C22H23F2N11. The molecule has 0 unspecified atom stereocenters. The van der Waals surface area contributed by atoms with Crippen molar-refractivity contribution in [2.75, 3.05) is 11.6 Å². The molecule has 3 N–H and O–H groups in total. The third-order valence-electron chi connectivity index (χ3n) is 6.07. The highest BCUT2D eigenvalue weighted by Crippen LogP contribution is 2.41. The highest BCUT2D eigenvalue weighted by Gasteiger charge is 2.44. The van der Waals surface area contributed by atoms with Gasteiger partial charge in [0.05, 0.1) is 30.3 Å². The molecule has 6 rings (SSSR count). The first kappa shape index (κ1) is 21.6. The zero-order valence-electron chi connectivity index (χ0n) is 18.6. The van der Waals surface area contributed by atoms with E-state index in [0.717, 1.165) is 28.2 Å². The molecule has 1 fully saturated rings. The minimum absolute atomic E-state index is 0.0161. The molecule has 180 valence electrons. The van der Waals surface area contributed by atoms with E-state index in [1.54, 1.807) is 28.4 Å². The van der Waals surface area contributed by atoms with E-state index in [0.29, 0.717) is 25.3 Å². The first-order valence-electron chi connectivity index (χ1n) is 11.2. The van der Waals surface area contributed by atoms with Crippen LogP contribution in [-0.2, 0) is 13.1 Å². The standard InChI is InChI=1S/C22H23F2N11/c23-22(24)4-16(5-22)7-25-6-15-1-2-21-28-18(11-33(21)10-15)12-34-13-20(29-31-34)17-3-19(9-26-8-17)35-14-27-30-32-35/h1-3,8-11,13-14,16,25,30,32H,4-7,12H2. The van der Waals surface area contributed by atoms with E-state index >= 15 is 0 Å². The number of nitrogens with zero attached hydrogens (tertiary/aromatic N) is 8. The summed E-state index contributed by atoms with van der Waals surface area (Å²) < 4.78 is 29.6. The molecule has 0 saturated heterocycles. The third-order valence-corrected chi connectivity index (χ3v) is 6.07. The van der Waals surface area contributed by atoms with Crippen molar-refractivity contribution >= 4 is 17.7 Å². The molecule has 5 heterocycles. The van der Waals surface area contributed by atoms with Gasteiger partial charge in [-0.2, -0.15) is 5.10 Å². The second-order valence-corrected chi connectivity index (χ2v) is 8.87. The maximum absolute atomic E-state index is 13.0. The minimum Gasteiger partial charge on any atom is -0.312 e. The lowest BCUT2D eigenvalue weighted by molar-refractivity contribution is -0.109. The monoisotopic (exact) mass is 479 g/mol. The van der Waals surface area contributed by atoms with E-state index in [2.05, 4.69) is 41.8 Å². The molecular weight excluding hydrogens is 456 g/mol. The second-order valence-electron chi connectivity index (χ2n) is 8.87. The van der Waals surface area contributed by atoms with Gasteiger partial charge < -0.3 is 9.72 Å². The molecule has 35 heavy (non-hydrogen) atoms. The van der Waals surface area contributed by atoms with Crippen molar-refractivity contribution in [1.82, 2.24) is 45.7 Å². The SMILES string of the molecule is FC1(F)CC(CNCc2ccc3nc(Cn4cc(-c5cncc(N6C=NNN6)c5)nn4)cn3c2)C1. The fraction of sp³-hybridized carbons (Fsp3) is 0.318. The molecule has 11 nitrogen and oxygen atoms in total. The van der Waals surface area contributed by atoms with Gasteiger partial charge in [0.25, 0.3) is 0 Å². The lowest BCUT2D eigenvalue weighted by Gasteiger charge is -2.35. The number of aromatic nitrogens is 6. The summed E-state index contributed by atoms with van der Waals surface area (Å²) in [5.41, 5.74) is 10.6. The first-order chi connectivity index (χ1) is 17.0. The topological polar surface area (TPSA) is 113 Å². The Morgan fingerprint density at radius 1 is 1.14 bits per heavy atom. The van der Waals surface area contributed by atoms with Crippen molar-refractivity contribution < 1.29 is 8.78 Å². The van der Waals surface area contributed by atoms with E-state index in [4.69, 9.17) is 0 Å². The summed E-state index contributed by atoms with van der Waals surface area (Å²) in [5, 5.41) is 17.4. The Morgan fingerprint density at radius 2 is 2.06 bits per heavy atom. The van der Waals surface area contributed by atoms with Gasteiger partial charge in [-0.05, 0) is 30.2 Å². The zero-order chi connectivity index (χ0) is 23.8. The van der Waals surface area contributed by atoms with Gasteiger partial charge >= 0.3 is 0 Å². The van der Waals surface area contributed by atoms with Crippen LogP contribution in [-0.4, -0.2) is 48.2 Å². The van der Waals surface area contributed by atoms with Crippen molar-refractivity contribution in [3.63, 3.8) is 0 Å². The lowest BCUT2D eigenvalue weighted by Crippen LogP contribution is -2.40. The maximum Gasteiger partial charge on any atom is 0.248 e. The van der Waals surface area contributed by atoms with Crippen LogP contribution < -0.4 is 21.4 Å². The number of pyridine rings is 2. The summed E-state index contributed by atoms with van der Waals surface area (Å²) in [7, 11) is 0. The van der Waals surface area contributed by atoms with Crippen LogP contribution >= 0.6 is 0 Å². The molecule has 1 saturated carbocycles. The van der Waals surface area contributed by atoms with Gasteiger partial charge in [-0.3, -0.25) is 4.98 Å². The number of alkyl halides is 2. The van der Waals surface area contributed by atoms with Gasteiger partial charge in [-0.15, -0.1) is 10.6 Å². The molecule has 1 aliphatic carbocycles. The van der Waals surface area contributed by atoms with Crippen molar-refractivity contribution in [2.45, 2.75) is 31.9 Å². The van der Waals surface area contributed by atoms with Crippen molar-refractivity contribution in [2.24, 2.45) is 11.0 Å². The van der Waals surface area contributed by atoms with E-state index in [1.807, 2.05) is 41.2 Å². The van der Waals surface area contributed by atoms with Crippen molar-refractivity contribution in [3.8, 4) is 11.3 Å². The maximum atomic E-state index is 13.0. The average molecular weight is 479 g/mol. The predicted molar refractivity (Wildman–Crippen MR) is 124 cm³/mol. The van der Waals surface area contributed by atoms with Crippen LogP contribution in [0.2, 0.25) is 0 Å². The Morgan fingerprint density at radius 3 is 2.89 bits per heavy atom. The molecule has 0 aromatic carbocycles. The molecule has 0 radical (unpaired) electrons. The summed E-state index contributed by atoms with van der Waals surface area (Å²) in [5.74, 6) is -2.41. The van der Waals surface area contributed by atoms with Crippen LogP contribution in [0, 0.1) is 5.92 Å². The molecule has 1 aliphatic heterocycles. The van der Waals surface area contributed by atoms with Crippen LogP contribution in [0.25, 0.3) is 16.9 Å². The Balaban J connectivity index is 1.10. The molecule has 0 atom stereocenters. The van der Waals surface area contributed by atoms with Gasteiger partial charge in [0.1, 0.15) is 17.7 Å². The number of nitrogens with one attached hydrogen (secondary N) is 3. The van der Waals surface area contributed by atoms with E-state index in [-0.39, 0.29) is 18.8 Å². The Labute approximate surface area is 198 Å².